The molecule has 2 aromatic heterocycles. The number of hydrogen-bond acceptors (Lipinski definition) is 3. The SMILES string of the molecule is CCc1c(C)c2c3c(C(F)(F)F)cc(=S)[nH]c3ccc2n1CCCCCCCCCN1CCN(CCC[S+](C)C)CC1. The highest BCUT2D eigenvalue weighted by Gasteiger charge is 2.34. The lowest BCUT2D eigenvalue weighted by Gasteiger charge is -2.34. The summed E-state index contributed by atoms with van der Waals surface area (Å²) in [5, 5.41) is 0.944. The topological polar surface area (TPSA) is 27.2 Å². The van der Waals surface area contributed by atoms with Gasteiger partial charge in [-0.2, -0.15) is 13.2 Å². The van der Waals surface area contributed by atoms with Gasteiger partial charge in [0.05, 0.1) is 18.1 Å². The minimum atomic E-state index is -4.46. The van der Waals surface area contributed by atoms with Gasteiger partial charge < -0.3 is 19.4 Å². The van der Waals surface area contributed by atoms with E-state index in [1.165, 1.54) is 83.5 Å². The zero-order valence-electron chi connectivity index (χ0n) is 26.0. The molecule has 1 N–H and O–H groups in total. The van der Waals surface area contributed by atoms with Gasteiger partial charge in [0.1, 0.15) is 10.4 Å². The highest BCUT2D eigenvalue weighted by atomic mass is 32.2. The standard InChI is InChI=1S/C33H49F3N4S2/c1-5-28-25(2)31-29(15-14-27-32(31)26(33(34,35)36)24-30(41)37-27)40(28)18-12-10-8-6-7-9-11-16-38-19-21-39(22-20-38)17-13-23-42(3)4/h14-15,24H,5-13,16-23H2,1-4H3/p+1. The van der Waals surface area contributed by atoms with E-state index in [0.717, 1.165) is 48.6 Å². The third kappa shape index (κ3) is 8.54. The van der Waals surface area contributed by atoms with Crippen LogP contribution in [-0.2, 0) is 30.0 Å². The highest BCUT2D eigenvalue weighted by Crippen LogP contribution is 2.40. The van der Waals surface area contributed by atoms with Crippen molar-refractivity contribution in [3.05, 3.63) is 39.7 Å². The number of aromatic amines is 1. The van der Waals surface area contributed by atoms with Gasteiger partial charge in [-0.25, -0.2) is 0 Å². The lowest BCUT2D eigenvalue weighted by molar-refractivity contribution is -0.136. The molecule has 1 aliphatic rings. The summed E-state index contributed by atoms with van der Waals surface area (Å²) in [5.41, 5.74) is 2.77. The molecule has 3 heterocycles. The fraction of sp³-hybridized carbons (Fsp3) is 0.667. The van der Waals surface area contributed by atoms with Crippen molar-refractivity contribution in [3.63, 3.8) is 0 Å². The molecule has 0 bridgehead atoms. The summed E-state index contributed by atoms with van der Waals surface area (Å²) in [5.74, 6) is 1.36. The number of nitrogens with one attached hydrogen (secondary N) is 1. The van der Waals surface area contributed by atoms with Crippen molar-refractivity contribution in [2.75, 3.05) is 57.5 Å². The van der Waals surface area contributed by atoms with E-state index in [9.17, 15) is 13.2 Å². The van der Waals surface area contributed by atoms with Gasteiger partial charge in [-0.05, 0) is 67.4 Å². The molecule has 9 heteroatoms. The molecule has 0 atom stereocenters. The number of aromatic nitrogens is 2. The molecular formula is C33H50F3N4S2+. The summed E-state index contributed by atoms with van der Waals surface area (Å²) in [6, 6.07) is 4.78. The Morgan fingerprint density at radius 1 is 0.833 bits per heavy atom. The first kappa shape index (κ1) is 33.3. The minimum Gasteiger partial charge on any atom is -0.346 e. The maximum Gasteiger partial charge on any atom is 0.417 e. The quantitative estimate of drug-likeness (QED) is 0.105. The van der Waals surface area contributed by atoms with E-state index >= 15 is 0 Å². The Morgan fingerprint density at radius 2 is 1.40 bits per heavy atom. The molecule has 1 aromatic carbocycles. The molecule has 0 saturated carbocycles. The Morgan fingerprint density at radius 3 is 1.98 bits per heavy atom. The number of piperazine rings is 1. The molecule has 1 saturated heterocycles. The average molecular weight is 624 g/mol. The Hall–Kier alpha value is -1.55. The minimum absolute atomic E-state index is 0.105. The summed E-state index contributed by atoms with van der Waals surface area (Å²) < 4.78 is 44.5. The summed E-state index contributed by atoms with van der Waals surface area (Å²) in [6.07, 6.45) is 10.9. The first-order valence-corrected chi connectivity index (χ1v) is 18.5. The van der Waals surface area contributed by atoms with Gasteiger partial charge in [-0.3, -0.25) is 0 Å². The number of pyridine rings is 1. The summed E-state index contributed by atoms with van der Waals surface area (Å²) >= 11 is 5.11. The van der Waals surface area contributed by atoms with Crippen LogP contribution in [0.15, 0.2) is 18.2 Å². The molecule has 1 aliphatic heterocycles. The lowest BCUT2D eigenvalue weighted by Crippen LogP contribution is -2.46. The molecule has 0 unspecified atom stereocenters. The maximum absolute atomic E-state index is 14.0. The zero-order valence-corrected chi connectivity index (χ0v) is 27.7. The van der Waals surface area contributed by atoms with E-state index in [2.05, 4.69) is 38.8 Å². The number of unbranched alkanes of at least 4 members (excludes halogenated alkanes) is 6. The monoisotopic (exact) mass is 623 g/mol. The van der Waals surface area contributed by atoms with Crippen LogP contribution < -0.4 is 0 Å². The summed E-state index contributed by atoms with van der Waals surface area (Å²) in [6.45, 7) is 12.3. The second kappa shape index (κ2) is 15.4. The lowest BCUT2D eigenvalue weighted by atomic mass is 10.0. The van der Waals surface area contributed by atoms with E-state index in [1.54, 1.807) is 6.07 Å². The number of hydrogen-bond donors (Lipinski definition) is 1. The second-order valence-corrected chi connectivity index (χ2v) is 15.0. The van der Waals surface area contributed by atoms with Crippen LogP contribution in [0.25, 0.3) is 21.8 Å². The first-order chi connectivity index (χ1) is 20.1. The third-order valence-corrected chi connectivity index (χ3v) is 10.2. The smallest absolute Gasteiger partial charge is 0.346 e. The van der Waals surface area contributed by atoms with Crippen molar-refractivity contribution in [2.45, 2.75) is 84.4 Å². The molecular weight excluding hydrogens is 574 g/mol. The zero-order chi connectivity index (χ0) is 30.3. The Kier molecular flexibility index (Phi) is 12.3. The van der Waals surface area contributed by atoms with Gasteiger partial charge in [0.2, 0.25) is 0 Å². The molecule has 4 rings (SSSR count). The van der Waals surface area contributed by atoms with Crippen molar-refractivity contribution in [1.82, 2.24) is 19.4 Å². The van der Waals surface area contributed by atoms with Crippen molar-refractivity contribution in [2.24, 2.45) is 0 Å². The van der Waals surface area contributed by atoms with Crippen LogP contribution in [-0.4, -0.2) is 76.9 Å². The van der Waals surface area contributed by atoms with Gasteiger partial charge >= 0.3 is 6.18 Å². The van der Waals surface area contributed by atoms with Gasteiger partial charge in [-0.15, -0.1) is 0 Å². The van der Waals surface area contributed by atoms with E-state index in [0.29, 0.717) is 21.8 Å². The van der Waals surface area contributed by atoms with Crippen molar-refractivity contribution < 1.29 is 13.2 Å². The van der Waals surface area contributed by atoms with Crippen molar-refractivity contribution in [1.29, 1.82) is 0 Å². The predicted octanol–water partition coefficient (Wildman–Crippen LogP) is 8.36. The van der Waals surface area contributed by atoms with Crippen LogP contribution in [0.1, 0.15) is 75.1 Å². The Balaban J connectivity index is 1.22. The van der Waals surface area contributed by atoms with Crippen LogP contribution >= 0.6 is 12.2 Å². The molecule has 0 amide bonds. The van der Waals surface area contributed by atoms with Crippen LogP contribution in [0.2, 0.25) is 0 Å². The highest BCUT2D eigenvalue weighted by molar-refractivity contribution is 7.95. The second-order valence-electron chi connectivity index (χ2n) is 12.2. The largest absolute Gasteiger partial charge is 0.417 e. The number of nitrogens with zero attached hydrogens (tertiary/aromatic N) is 3. The fourth-order valence-corrected chi connectivity index (χ4v) is 7.62. The van der Waals surface area contributed by atoms with E-state index < -0.39 is 11.7 Å². The van der Waals surface area contributed by atoms with Crippen molar-refractivity contribution in [3.8, 4) is 0 Å². The average Bonchev–Trinajstić information content (AvgIpc) is 3.22. The number of halogens is 3. The van der Waals surface area contributed by atoms with Crippen LogP contribution in [0.4, 0.5) is 13.2 Å². The normalized spacial score (nSPS) is 15.5. The summed E-state index contributed by atoms with van der Waals surface area (Å²) in [7, 11) is 0.567. The predicted molar refractivity (Wildman–Crippen MR) is 178 cm³/mol. The molecule has 234 valence electrons. The van der Waals surface area contributed by atoms with E-state index in [-0.39, 0.29) is 10.0 Å². The molecule has 0 aliphatic carbocycles. The molecule has 0 radical (unpaired) electrons. The Labute approximate surface area is 258 Å². The van der Waals surface area contributed by atoms with Gasteiger partial charge in [0, 0.05) is 73.2 Å². The van der Waals surface area contributed by atoms with Gasteiger partial charge in [0.15, 0.2) is 0 Å². The number of H-pyrrole nitrogens is 1. The molecule has 3 aromatic rings. The fourth-order valence-electron chi connectivity index (χ4n) is 6.68. The van der Waals surface area contributed by atoms with Crippen LogP contribution in [0.3, 0.4) is 0 Å². The molecule has 1 fully saturated rings. The van der Waals surface area contributed by atoms with Crippen LogP contribution in [0.5, 0.6) is 0 Å². The Bertz CT molecular complexity index is 1350. The molecule has 4 nitrogen and oxygen atoms in total. The van der Waals surface area contributed by atoms with E-state index in [1.807, 2.05) is 13.0 Å². The number of fused-ring (bicyclic) bond motifs is 3. The molecule has 0 spiro atoms. The van der Waals surface area contributed by atoms with Crippen LogP contribution in [0, 0.1) is 11.6 Å². The first-order valence-electron chi connectivity index (χ1n) is 15.8. The van der Waals surface area contributed by atoms with Gasteiger partial charge in [-0.1, -0.05) is 51.2 Å². The number of benzene rings is 1. The number of rotatable bonds is 15. The number of alkyl halides is 3. The van der Waals surface area contributed by atoms with E-state index in [4.69, 9.17) is 12.2 Å². The van der Waals surface area contributed by atoms with Gasteiger partial charge in [0.25, 0.3) is 0 Å². The number of aryl methyl sites for hydroxylation is 2. The third-order valence-electron chi connectivity index (χ3n) is 8.90. The maximum atomic E-state index is 14.0. The molecule has 42 heavy (non-hydrogen) atoms. The summed E-state index contributed by atoms with van der Waals surface area (Å²) in [4.78, 5) is 8.26. The van der Waals surface area contributed by atoms with Crippen molar-refractivity contribution >= 4 is 44.9 Å².